The van der Waals surface area contributed by atoms with Gasteiger partial charge in [-0.05, 0) is 25.5 Å². The third kappa shape index (κ3) is 3.65. The third-order valence-electron chi connectivity index (χ3n) is 2.48. The molecule has 0 spiro atoms. The average molecular weight is 287 g/mol. The highest BCUT2D eigenvalue weighted by Gasteiger charge is 2.22. The van der Waals surface area contributed by atoms with Gasteiger partial charge in [0.2, 0.25) is 0 Å². The fraction of sp³-hybridized carbons (Fsp3) is 0.333. The molecule has 19 heavy (non-hydrogen) atoms. The van der Waals surface area contributed by atoms with Gasteiger partial charge in [0, 0.05) is 12.4 Å². The smallest absolute Gasteiger partial charge is 0.148 e. The fourth-order valence-corrected chi connectivity index (χ4v) is 1.67. The third-order valence-corrected chi connectivity index (χ3v) is 2.48. The minimum Gasteiger partial charge on any atom is -0.396 e. The molecule has 0 radical (unpaired) electrons. The first-order valence-electron chi connectivity index (χ1n) is 5.51. The van der Waals surface area contributed by atoms with Crippen LogP contribution in [0, 0.1) is 5.82 Å². The van der Waals surface area contributed by atoms with Gasteiger partial charge < -0.3 is 10.8 Å². The highest BCUT2D eigenvalue weighted by molar-refractivity contribution is 5.85. The lowest BCUT2D eigenvalue weighted by Gasteiger charge is -2.17. The Balaban J connectivity index is 0.00000180. The van der Waals surface area contributed by atoms with Crippen LogP contribution < -0.4 is 5.73 Å². The minimum absolute atomic E-state index is 0. The van der Waals surface area contributed by atoms with Crippen LogP contribution in [-0.4, -0.2) is 19.9 Å². The first-order chi connectivity index (χ1) is 8.36. The zero-order valence-corrected chi connectivity index (χ0v) is 11.5. The number of anilines is 1. The van der Waals surface area contributed by atoms with Crippen LogP contribution in [0.1, 0.15) is 25.1 Å². The van der Waals surface area contributed by atoms with E-state index in [9.17, 15) is 9.50 Å². The van der Waals surface area contributed by atoms with Crippen LogP contribution in [-0.2, 0) is 12.1 Å². The number of nitrogens with two attached hydrogens (primary N) is 1. The van der Waals surface area contributed by atoms with Crippen molar-refractivity contribution in [3.63, 3.8) is 0 Å². The van der Waals surface area contributed by atoms with E-state index in [-0.39, 0.29) is 18.1 Å². The van der Waals surface area contributed by atoms with E-state index in [4.69, 9.17) is 5.73 Å². The van der Waals surface area contributed by atoms with E-state index in [2.05, 4.69) is 10.1 Å². The Morgan fingerprint density at radius 1 is 1.42 bits per heavy atom. The maximum absolute atomic E-state index is 13.8. The molecular weight excluding hydrogens is 271 g/mol. The number of nitrogens with zero attached hydrogens (tertiary/aromatic N) is 3. The molecule has 0 bridgehead atoms. The summed E-state index contributed by atoms with van der Waals surface area (Å²) in [5.41, 5.74) is 5.49. The van der Waals surface area contributed by atoms with Crippen molar-refractivity contribution in [2.45, 2.75) is 26.0 Å². The van der Waals surface area contributed by atoms with E-state index >= 15 is 0 Å². The van der Waals surface area contributed by atoms with Crippen molar-refractivity contribution in [3.05, 3.63) is 41.7 Å². The van der Waals surface area contributed by atoms with Gasteiger partial charge in [-0.1, -0.05) is 0 Å². The van der Waals surface area contributed by atoms with Crippen LogP contribution in [0.15, 0.2) is 24.7 Å². The number of nitrogen functional groups attached to an aromatic ring is 1. The lowest BCUT2D eigenvalue weighted by atomic mass is 10.0. The maximum Gasteiger partial charge on any atom is 0.148 e. The SMILES string of the molecule is CC(C)(O)c1ncc(Cn2cc(N)cn2)cc1F.Cl. The normalized spacial score (nSPS) is 11.2. The van der Waals surface area contributed by atoms with Gasteiger partial charge in [-0.15, -0.1) is 12.4 Å². The van der Waals surface area contributed by atoms with Crippen molar-refractivity contribution in [2.24, 2.45) is 0 Å². The molecule has 2 rings (SSSR count). The van der Waals surface area contributed by atoms with E-state index in [1.54, 1.807) is 10.9 Å². The zero-order valence-electron chi connectivity index (χ0n) is 10.7. The maximum atomic E-state index is 13.8. The number of aromatic nitrogens is 3. The molecule has 104 valence electrons. The molecule has 0 aromatic carbocycles. The Labute approximate surface area is 116 Å². The van der Waals surface area contributed by atoms with Crippen molar-refractivity contribution < 1.29 is 9.50 Å². The Morgan fingerprint density at radius 3 is 2.58 bits per heavy atom. The van der Waals surface area contributed by atoms with Gasteiger partial charge in [0.25, 0.3) is 0 Å². The van der Waals surface area contributed by atoms with Crippen LogP contribution >= 0.6 is 12.4 Å². The number of hydrogen-bond acceptors (Lipinski definition) is 4. The van der Waals surface area contributed by atoms with Crippen LogP contribution in [0.4, 0.5) is 10.1 Å². The molecule has 5 nitrogen and oxygen atoms in total. The number of aliphatic hydroxyl groups is 1. The van der Waals surface area contributed by atoms with Crippen LogP contribution in [0.2, 0.25) is 0 Å². The second-order valence-corrected chi connectivity index (χ2v) is 4.70. The predicted octanol–water partition coefficient (Wildman–Crippen LogP) is 1.70. The van der Waals surface area contributed by atoms with Crippen molar-refractivity contribution in [1.82, 2.24) is 14.8 Å². The second-order valence-electron chi connectivity index (χ2n) is 4.70. The van der Waals surface area contributed by atoms with E-state index < -0.39 is 11.4 Å². The monoisotopic (exact) mass is 286 g/mol. The van der Waals surface area contributed by atoms with Crippen LogP contribution in [0.5, 0.6) is 0 Å². The average Bonchev–Trinajstić information content (AvgIpc) is 2.62. The lowest BCUT2D eigenvalue weighted by Crippen LogP contribution is -2.20. The van der Waals surface area contributed by atoms with Gasteiger partial charge in [-0.25, -0.2) is 4.39 Å². The summed E-state index contributed by atoms with van der Waals surface area (Å²) in [6.07, 6.45) is 4.70. The van der Waals surface area contributed by atoms with E-state index in [1.165, 1.54) is 32.3 Å². The summed E-state index contributed by atoms with van der Waals surface area (Å²) in [5, 5.41) is 13.7. The molecule has 7 heteroatoms. The zero-order chi connectivity index (χ0) is 13.3. The molecule has 0 saturated carbocycles. The molecule has 0 aliphatic heterocycles. The fourth-order valence-electron chi connectivity index (χ4n) is 1.67. The van der Waals surface area contributed by atoms with E-state index in [0.29, 0.717) is 17.8 Å². The van der Waals surface area contributed by atoms with E-state index in [1.807, 2.05) is 0 Å². The first kappa shape index (κ1) is 15.4. The molecule has 0 fully saturated rings. The summed E-state index contributed by atoms with van der Waals surface area (Å²) in [4.78, 5) is 3.96. The molecule has 0 aliphatic rings. The van der Waals surface area contributed by atoms with Crippen molar-refractivity contribution in [3.8, 4) is 0 Å². The minimum atomic E-state index is -1.29. The van der Waals surface area contributed by atoms with Gasteiger partial charge in [0.05, 0.1) is 18.4 Å². The van der Waals surface area contributed by atoms with Gasteiger partial charge in [0.1, 0.15) is 17.1 Å². The highest BCUT2D eigenvalue weighted by Crippen LogP contribution is 2.21. The number of rotatable bonds is 3. The number of hydrogen-bond donors (Lipinski definition) is 2. The van der Waals surface area contributed by atoms with Crippen molar-refractivity contribution >= 4 is 18.1 Å². The largest absolute Gasteiger partial charge is 0.396 e. The number of pyridine rings is 1. The molecule has 3 N–H and O–H groups in total. The second kappa shape index (κ2) is 5.54. The highest BCUT2D eigenvalue weighted by atomic mass is 35.5. The summed E-state index contributed by atoms with van der Waals surface area (Å²) >= 11 is 0. The quantitative estimate of drug-likeness (QED) is 0.900. The Kier molecular flexibility index (Phi) is 4.49. The molecule has 0 aliphatic carbocycles. The van der Waals surface area contributed by atoms with Crippen molar-refractivity contribution in [2.75, 3.05) is 5.73 Å². The first-order valence-corrected chi connectivity index (χ1v) is 5.51. The van der Waals surface area contributed by atoms with Gasteiger partial charge in [-0.2, -0.15) is 5.10 Å². The molecular formula is C12H16ClFN4O. The Morgan fingerprint density at radius 2 is 2.11 bits per heavy atom. The topological polar surface area (TPSA) is 77.0 Å². The summed E-state index contributed by atoms with van der Waals surface area (Å²) < 4.78 is 15.4. The summed E-state index contributed by atoms with van der Waals surface area (Å²) in [6.45, 7) is 3.37. The molecule has 0 amide bonds. The number of halogens is 2. The molecule has 2 heterocycles. The summed E-state index contributed by atoms with van der Waals surface area (Å²) in [6, 6.07) is 1.35. The standard InChI is InChI=1S/C12H15FN4O.ClH/c1-12(2,18)11-10(13)3-8(4-15-11)6-17-7-9(14)5-16-17;/h3-5,7,18H,6,14H2,1-2H3;1H. The molecule has 0 atom stereocenters. The molecule has 2 aromatic rings. The Bertz CT molecular complexity index is 565. The van der Waals surface area contributed by atoms with E-state index in [0.717, 1.165) is 0 Å². The molecule has 0 saturated heterocycles. The molecule has 0 unspecified atom stereocenters. The summed E-state index contributed by atoms with van der Waals surface area (Å²) in [5.74, 6) is -0.528. The molecule has 2 aromatic heterocycles. The van der Waals surface area contributed by atoms with Gasteiger partial charge in [-0.3, -0.25) is 9.67 Å². The summed E-state index contributed by atoms with van der Waals surface area (Å²) in [7, 11) is 0. The lowest BCUT2D eigenvalue weighted by molar-refractivity contribution is 0.0694. The van der Waals surface area contributed by atoms with Crippen LogP contribution in [0.25, 0.3) is 0 Å². The van der Waals surface area contributed by atoms with Crippen molar-refractivity contribution in [1.29, 1.82) is 0 Å². The predicted molar refractivity (Wildman–Crippen MR) is 72.4 cm³/mol. The van der Waals surface area contributed by atoms with Gasteiger partial charge in [0.15, 0.2) is 0 Å². The van der Waals surface area contributed by atoms with Gasteiger partial charge >= 0.3 is 0 Å². The Hall–Kier alpha value is -1.66. The van der Waals surface area contributed by atoms with Crippen LogP contribution in [0.3, 0.4) is 0 Å².